The quantitative estimate of drug-likeness (QED) is 0.458. The molecule has 140 valence electrons. The summed E-state index contributed by atoms with van der Waals surface area (Å²) >= 11 is 2.35. The first-order valence-corrected chi connectivity index (χ1v) is 9.52. The largest absolute Gasteiger partial charge is 0.361 e. The molecule has 0 fully saturated rings. The van der Waals surface area contributed by atoms with Crippen molar-refractivity contribution in [2.45, 2.75) is 17.8 Å². The number of halogens is 1. The van der Waals surface area contributed by atoms with Crippen LogP contribution in [0.3, 0.4) is 0 Å². The van der Waals surface area contributed by atoms with Gasteiger partial charge in [-0.15, -0.1) is 10.2 Å². The standard InChI is InChI=1S/C16H14FN5O3S2/c1-9-6-12(22-25-9)14(24)19-15-20-21-16(27-15)26-8-13(23)18-7-10-2-4-11(17)5-3-10/h2-6H,7-8H2,1H3,(H,18,23)(H,19,20,24). The molecule has 11 heteroatoms. The third-order valence-electron chi connectivity index (χ3n) is 3.22. The molecule has 3 rings (SSSR count). The molecule has 2 N–H and O–H groups in total. The van der Waals surface area contributed by atoms with E-state index in [9.17, 15) is 14.0 Å². The van der Waals surface area contributed by atoms with Gasteiger partial charge in [0.1, 0.15) is 11.6 Å². The molecule has 0 saturated heterocycles. The molecular formula is C16H14FN5O3S2. The molecule has 0 aliphatic rings. The van der Waals surface area contributed by atoms with E-state index in [1.54, 1.807) is 19.1 Å². The van der Waals surface area contributed by atoms with Gasteiger partial charge in [-0.3, -0.25) is 14.9 Å². The Hall–Kier alpha value is -2.79. The summed E-state index contributed by atoms with van der Waals surface area (Å²) in [5.41, 5.74) is 0.954. The topological polar surface area (TPSA) is 110 Å². The lowest BCUT2D eigenvalue weighted by Gasteiger charge is -2.04. The van der Waals surface area contributed by atoms with Crippen LogP contribution in [0.1, 0.15) is 21.8 Å². The summed E-state index contributed by atoms with van der Waals surface area (Å²) in [5, 5.41) is 17.0. The van der Waals surface area contributed by atoms with Crippen molar-refractivity contribution in [2.24, 2.45) is 0 Å². The number of amides is 2. The maximum absolute atomic E-state index is 12.8. The zero-order valence-corrected chi connectivity index (χ0v) is 15.7. The Kier molecular flexibility index (Phi) is 6.14. The SMILES string of the molecule is Cc1cc(C(=O)Nc2nnc(SCC(=O)NCc3ccc(F)cc3)s2)no1. The molecule has 2 amide bonds. The minimum absolute atomic E-state index is 0.145. The van der Waals surface area contributed by atoms with E-state index in [2.05, 4.69) is 26.0 Å². The first-order valence-electron chi connectivity index (χ1n) is 7.72. The van der Waals surface area contributed by atoms with Gasteiger partial charge in [-0.2, -0.15) is 0 Å². The van der Waals surface area contributed by atoms with Gasteiger partial charge in [0.15, 0.2) is 10.0 Å². The van der Waals surface area contributed by atoms with Gasteiger partial charge in [0.2, 0.25) is 11.0 Å². The van der Waals surface area contributed by atoms with E-state index in [1.807, 2.05) is 0 Å². The predicted molar refractivity (Wildman–Crippen MR) is 98.1 cm³/mol. The van der Waals surface area contributed by atoms with E-state index >= 15 is 0 Å². The monoisotopic (exact) mass is 407 g/mol. The normalized spacial score (nSPS) is 10.6. The average molecular weight is 407 g/mol. The molecular weight excluding hydrogens is 393 g/mol. The van der Waals surface area contributed by atoms with Crippen LogP contribution in [-0.2, 0) is 11.3 Å². The molecule has 0 aliphatic heterocycles. The van der Waals surface area contributed by atoms with Gasteiger partial charge in [-0.1, -0.05) is 40.4 Å². The van der Waals surface area contributed by atoms with Crippen molar-refractivity contribution in [3.8, 4) is 0 Å². The Morgan fingerprint density at radius 2 is 2.04 bits per heavy atom. The average Bonchev–Trinajstić information content (AvgIpc) is 3.28. The van der Waals surface area contributed by atoms with Crippen molar-refractivity contribution in [3.63, 3.8) is 0 Å². The fraction of sp³-hybridized carbons (Fsp3) is 0.188. The van der Waals surface area contributed by atoms with Gasteiger partial charge in [0.25, 0.3) is 5.91 Å². The number of benzene rings is 1. The highest BCUT2D eigenvalue weighted by atomic mass is 32.2. The summed E-state index contributed by atoms with van der Waals surface area (Å²) in [6, 6.07) is 7.41. The number of carbonyl (C=O) groups excluding carboxylic acids is 2. The molecule has 8 nitrogen and oxygen atoms in total. The highest BCUT2D eigenvalue weighted by molar-refractivity contribution is 8.01. The number of hydrogen-bond acceptors (Lipinski definition) is 8. The van der Waals surface area contributed by atoms with E-state index in [-0.39, 0.29) is 23.2 Å². The van der Waals surface area contributed by atoms with Gasteiger partial charge in [-0.05, 0) is 24.6 Å². The van der Waals surface area contributed by atoms with E-state index < -0.39 is 5.91 Å². The summed E-state index contributed by atoms with van der Waals surface area (Å²) in [7, 11) is 0. The molecule has 0 atom stereocenters. The van der Waals surface area contributed by atoms with Gasteiger partial charge >= 0.3 is 0 Å². The van der Waals surface area contributed by atoms with Gasteiger partial charge in [-0.25, -0.2) is 4.39 Å². The second-order valence-corrected chi connectivity index (χ2v) is 7.54. The highest BCUT2D eigenvalue weighted by Gasteiger charge is 2.14. The summed E-state index contributed by atoms with van der Waals surface area (Å²) < 4.78 is 18.2. The van der Waals surface area contributed by atoms with Gasteiger partial charge in [0, 0.05) is 12.6 Å². The molecule has 0 radical (unpaired) electrons. The lowest BCUT2D eigenvalue weighted by molar-refractivity contribution is -0.118. The fourth-order valence-electron chi connectivity index (χ4n) is 1.93. The second kappa shape index (κ2) is 8.73. The zero-order chi connectivity index (χ0) is 19.2. The number of aromatic nitrogens is 3. The van der Waals surface area contributed by atoms with Crippen LogP contribution < -0.4 is 10.6 Å². The first kappa shape index (κ1) is 19.0. The number of rotatable bonds is 7. The summed E-state index contributed by atoms with van der Waals surface area (Å²) in [6.07, 6.45) is 0. The number of carbonyl (C=O) groups is 2. The second-order valence-electron chi connectivity index (χ2n) is 5.34. The van der Waals surface area contributed by atoms with Gasteiger partial charge in [0.05, 0.1) is 5.75 Å². The number of nitrogens with zero attached hydrogens (tertiary/aromatic N) is 3. The van der Waals surface area contributed by atoms with Crippen LogP contribution in [0, 0.1) is 12.7 Å². The maximum atomic E-state index is 12.8. The van der Waals surface area contributed by atoms with Crippen LogP contribution in [0.4, 0.5) is 9.52 Å². The smallest absolute Gasteiger partial charge is 0.279 e. The number of nitrogens with one attached hydrogen (secondary N) is 2. The molecule has 0 saturated carbocycles. The number of anilines is 1. The molecule has 2 heterocycles. The first-order chi connectivity index (χ1) is 13.0. The van der Waals surface area contributed by atoms with Crippen LogP contribution in [0.25, 0.3) is 0 Å². The third kappa shape index (κ3) is 5.59. The molecule has 0 unspecified atom stereocenters. The van der Waals surface area contributed by atoms with Crippen molar-refractivity contribution in [2.75, 3.05) is 11.1 Å². The van der Waals surface area contributed by atoms with E-state index in [1.165, 1.54) is 30.0 Å². The molecule has 0 bridgehead atoms. The Morgan fingerprint density at radius 3 is 2.74 bits per heavy atom. The van der Waals surface area contributed by atoms with E-state index in [0.29, 0.717) is 21.8 Å². The zero-order valence-electron chi connectivity index (χ0n) is 14.1. The van der Waals surface area contributed by atoms with Gasteiger partial charge < -0.3 is 9.84 Å². The highest BCUT2D eigenvalue weighted by Crippen LogP contribution is 2.25. The van der Waals surface area contributed by atoms with E-state index in [4.69, 9.17) is 4.52 Å². The van der Waals surface area contributed by atoms with Crippen molar-refractivity contribution >= 4 is 40.0 Å². The Labute approximate surface area is 161 Å². The predicted octanol–water partition coefficient (Wildman–Crippen LogP) is 2.63. The molecule has 3 aromatic rings. The molecule has 2 aromatic heterocycles. The summed E-state index contributed by atoms with van der Waals surface area (Å²) in [6.45, 7) is 2.00. The minimum atomic E-state index is -0.448. The van der Waals surface area contributed by atoms with Crippen molar-refractivity contribution < 1.29 is 18.5 Å². The lowest BCUT2D eigenvalue weighted by Crippen LogP contribution is -2.24. The number of aryl methyl sites for hydroxylation is 1. The Balaban J connectivity index is 1.44. The van der Waals surface area contributed by atoms with Crippen LogP contribution in [-0.4, -0.2) is 32.9 Å². The van der Waals surface area contributed by atoms with Crippen LogP contribution >= 0.6 is 23.1 Å². The molecule has 0 aliphatic carbocycles. The Bertz CT molecular complexity index is 942. The summed E-state index contributed by atoms with van der Waals surface area (Å²) in [4.78, 5) is 23.8. The summed E-state index contributed by atoms with van der Waals surface area (Å²) in [5.74, 6) is -0.287. The number of thioether (sulfide) groups is 1. The van der Waals surface area contributed by atoms with E-state index in [0.717, 1.165) is 16.9 Å². The van der Waals surface area contributed by atoms with Crippen molar-refractivity contribution in [1.82, 2.24) is 20.7 Å². The van der Waals surface area contributed by atoms with Crippen LogP contribution in [0.15, 0.2) is 39.2 Å². The Morgan fingerprint density at radius 1 is 1.26 bits per heavy atom. The minimum Gasteiger partial charge on any atom is -0.361 e. The van der Waals surface area contributed by atoms with Crippen LogP contribution in [0.5, 0.6) is 0 Å². The fourth-order valence-corrected chi connectivity index (χ4v) is 3.51. The third-order valence-corrected chi connectivity index (χ3v) is 5.19. The molecule has 1 aromatic carbocycles. The molecule has 0 spiro atoms. The maximum Gasteiger partial charge on any atom is 0.279 e. The molecule has 27 heavy (non-hydrogen) atoms. The number of hydrogen-bond donors (Lipinski definition) is 2. The van der Waals surface area contributed by atoms with Crippen molar-refractivity contribution in [1.29, 1.82) is 0 Å². The lowest BCUT2D eigenvalue weighted by atomic mass is 10.2. The van der Waals surface area contributed by atoms with Crippen LogP contribution in [0.2, 0.25) is 0 Å². The van der Waals surface area contributed by atoms with Crippen molar-refractivity contribution in [3.05, 3.63) is 53.2 Å².